The number of hydrogen-bond acceptors (Lipinski definition) is 2. The van der Waals surface area contributed by atoms with Crippen LogP contribution < -0.4 is 4.90 Å². The van der Waals surface area contributed by atoms with E-state index in [4.69, 9.17) is 5.26 Å². The highest BCUT2D eigenvalue weighted by Gasteiger charge is 2.30. The van der Waals surface area contributed by atoms with Gasteiger partial charge < -0.3 is 4.90 Å². The summed E-state index contributed by atoms with van der Waals surface area (Å²) in [7, 11) is 0. The van der Waals surface area contributed by atoms with Gasteiger partial charge >= 0.3 is 0 Å². The smallest absolute Gasteiger partial charge is 0.143 e. The Morgan fingerprint density at radius 1 is 1.44 bits per heavy atom. The van der Waals surface area contributed by atoms with Gasteiger partial charge in [0.05, 0.1) is 5.69 Å². The minimum absolute atomic E-state index is 0.171. The molecule has 1 saturated heterocycles. The molecule has 1 aromatic rings. The van der Waals surface area contributed by atoms with Crippen LogP contribution in [-0.2, 0) is 0 Å². The van der Waals surface area contributed by atoms with Crippen molar-refractivity contribution in [2.75, 3.05) is 18.0 Å². The molecule has 0 aliphatic carbocycles. The summed E-state index contributed by atoms with van der Waals surface area (Å²) in [5.41, 5.74) is 0.907. The Balaban J connectivity index is 2.18. The lowest BCUT2D eigenvalue weighted by Gasteiger charge is -2.43. The summed E-state index contributed by atoms with van der Waals surface area (Å²) in [4.78, 5) is 2.08. The Morgan fingerprint density at radius 2 is 2.12 bits per heavy atom. The third kappa shape index (κ3) is 1.76. The molecule has 0 amide bonds. The van der Waals surface area contributed by atoms with Crippen molar-refractivity contribution in [1.29, 1.82) is 5.26 Å². The van der Waals surface area contributed by atoms with E-state index in [-0.39, 0.29) is 5.56 Å². The molecule has 1 aliphatic rings. The quantitative estimate of drug-likeness (QED) is 0.763. The van der Waals surface area contributed by atoms with Gasteiger partial charge in [0.25, 0.3) is 0 Å². The maximum absolute atomic E-state index is 13.4. The molecule has 1 fully saturated rings. The number of nitriles is 1. The molecule has 0 atom stereocenters. The number of hydrogen-bond donors (Lipinski definition) is 0. The van der Waals surface area contributed by atoms with Crippen LogP contribution >= 0.6 is 0 Å². The lowest BCUT2D eigenvalue weighted by atomic mass is 9.87. The first-order chi connectivity index (χ1) is 7.63. The van der Waals surface area contributed by atoms with Crippen molar-refractivity contribution >= 4 is 5.69 Å². The number of benzene rings is 1. The predicted octanol–water partition coefficient (Wildman–Crippen LogP) is 2.79. The first kappa shape index (κ1) is 10.9. The van der Waals surface area contributed by atoms with Crippen molar-refractivity contribution < 1.29 is 4.39 Å². The van der Waals surface area contributed by atoms with Crippen LogP contribution in [0.3, 0.4) is 0 Å². The Labute approximate surface area is 95.3 Å². The summed E-state index contributed by atoms with van der Waals surface area (Å²) in [6, 6.07) is 6.75. The standard InChI is InChI=1S/C13H15FN2/c1-9(2)10-7-16(8-10)13-5-3-4-12(14)11(13)6-15/h3-5,9-10H,7-8H2,1-2H3. The Morgan fingerprint density at radius 3 is 2.69 bits per heavy atom. The van der Waals surface area contributed by atoms with Crippen LogP contribution in [0.4, 0.5) is 10.1 Å². The zero-order chi connectivity index (χ0) is 11.7. The van der Waals surface area contributed by atoms with Gasteiger partial charge in [-0.05, 0) is 24.0 Å². The number of halogens is 1. The largest absolute Gasteiger partial charge is 0.370 e. The van der Waals surface area contributed by atoms with Crippen LogP contribution in [0.1, 0.15) is 19.4 Å². The summed E-state index contributed by atoms with van der Waals surface area (Å²) in [5, 5.41) is 8.93. The molecule has 0 aromatic heterocycles. The van der Waals surface area contributed by atoms with E-state index >= 15 is 0 Å². The molecule has 0 radical (unpaired) electrons. The van der Waals surface area contributed by atoms with Gasteiger partial charge in [0.2, 0.25) is 0 Å². The number of rotatable bonds is 2. The van der Waals surface area contributed by atoms with Crippen LogP contribution in [-0.4, -0.2) is 13.1 Å². The molecule has 1 aliphatic heterocycles. The Hall–Kier alpha value is -1.56. The first-order valence-corrected chi connectivity index (χ1v) is 5.57. The maximum Gasteiger partial charge on any atom is 0.143 e. The van der Waals surface area contributed by atoms with E-state index < -0.39 is 5.82 Å². The lowest BCUT2D eigenvalue weighted by Crippen LogP contribution is -2.49. The third-order valence-corrected chi connectivity index (χ3v) is 3.30. The summed E-state index contributed by atoms with van der Waals surface area (Å²) in [5.74, 6) is 0.887. The predicted molar refractivity (Wildman–Crippen MR) is 61.7 cm³/mol. The second kappa shape index (κ2) is 4.13. The first-order valence-electron chi connectivity index (χ1n) is 5.57. The van der Waals surface area contributed by atoms with Crippen molar-refractivity contribution in [1.82, 2.24) is 0 Å². The molecule has 0 unspecified atom stereocenters. The van der Waals surface area contributed by atoms with Gasteiger partial charge in [-0.2, -0.15) is 5.26 Å². The molecule has 84 valence electrons. The van der Waals surface area contributed by atoms with Gasteiger partial charge in [-0.15, -0.1) is 0 Å². The van der Waals surface area contributed by atoms with Gasteiger partial charge in [-0.1, -0.05) is 19.9 Å². The second-order valence-electron chi connectivity index (χ2n) is 4.65. The van der Waals surface area contributed by atoms with Crippen LogP contribution in [0.5, 0.6) is 0 Å². The molecule has 0 saturated carbocycles. The van der Waals surface area contributed by atoms with Gasteiger partial charge in [0.1, 0.15) is 17.4 Å². The molecule has 0 bridgehead atoms. The molecule has 1 aromatic carbocycles. The lowest BCUT2D eigenvalue weighted by molar-refractivity contribution is 0.309. The van der Waals surface area contributed by atoms with Crippen LogP contribution in [0.25, 0.3) is 0 Å². The summed E-state index contributed by atoms with van der Waals surface area (Å²) >= 11 is 0. The van der Waals surface area contributed by atoms with Crippen LogP contribution in [0.2, 0.25) is 0 Å². The van der Waals surface area contributed by atoms with E-state index in [1.807, 2.05) is 12.1 Å². The molecule has 2 rings (SSSR count). The highest BCUT2D eigenvalue weighted by molar-refractivity contribution is 5.61. The molecule has 0 spiro atoms. The Bertz CT molecular complexity index is 428. The van der Waals surface area contributed by atoms with Gasteiger partial charge in [0.15, 0.2) is 0 Å². The monoisotopic (exact) mass is 218 g/mol. The summed E-state index contributed by atoms with van der Waals surface area (Å²) < 4.78 is 13.4. The summed E-state index contributed by atoms with van der Waals surface area (Å²) in [6.07, 6.45) is 0. The van der Waals surface area contributed by atoms with E-state index in [2.05, 4.69) is 18.7 Å². The molecule has 3 heteroatoms. The minimum Gasteiger partial charge on any atom is -0.370 e. The topological polar surface area (TPSA) is 27.0 Å². The summed E-state index contributed by atoms with van der Waals surface area (Å²) in [6.45, 7) is 6.24. The zero-order valence-electron chi connectivity index (χ0n) is 9.57. The molecular formula is C13H15FN2. The number of anilines is 1. The normalized spacial score (nSPS) is 16.1. The van der Waals surface area contributed by atoms with Gasteiger partial charge in [-0.3, -0.25) is 0 Å². The van der Waals surface area contributed by atoms with E-state index in [0.29, 0.717) is 11.8 Å². The van der Waals surface area contributed by atoms with Crippen molar-refractivity contribution in [3.63, 3.8) is 0 Å². The zero-order valence-corrected chi connectivity index (χ0v) is 9.57. The maximum atomic E-state index is 13.4. The molecule has 16 heavy (non-hydrogen) atoms. The highest BCUT2D eigenvalue weighted by Crippen LogP contribution is 2.31. The van der Waals surface area contributed by atoms with Crippen molar-refractivity contribution in [3.05, 3.63) is 29.6 Å². The van der Waals surface area contributed by atoms with Crippen molar-refractivity contribution in [2.24, 2.45) is 11.8 Å². The minimum atomic E-state index is -0.423. The fourth-order valence-corrected chi connectivity index (χ4v) is 2.02. The van der Waals surface area contributed by atoms with E-state index in [9.17, 15) is 4.39 Å². The van der Waals surface area contributed by atoms with E-state index in [0.717, 1.165) is 18.8 Å². The van der Waals surface area contributed by atoms with Crippen molar-refractivity contribution in [2.45, 2.75) is 13.8 Å². The van der Waals surface area contributed by atoms with Gasteiger partial charge in [0, 0.05) is 13.1 Å². The average Bonchev–Trinajstić information content (AvgIpc) is 2.15. The molecule has 0 N–H and O–H groups in total. The molecular weight excluding hydrogens is 203 g/mol. The van der Waals surface area contributed by atoms with Gasteiger partial charge in [-0.25, -0.2) is 4.39 Å². The highest BCUT2D eigenvalue weighted by atomic mass is 19.1. The van der Waals surface area contributed by atoms with Crippen LogP contribution in [0, 0.1) is 29.0 Å². The second-order valence-corrected chi connectivity index (χ2v) is 4.65. The molecule has 2 nitrogen and oxygen atoms in total. The molecule has 1 heterocycles. The third-order valence-electron chi connectivity index (χ3n) is 3.30. The fourth-order valence-electron chi connectivity index (χ4n) is 2.02. The fraction of sp³-hybridized carbons (Fsp3) is 0.462. The average molecular weight is 218 g/mol. The van der Waals surface area contributed by atoms with Crippen molar-refractivity contribution in [3.8, 4) is 6.07 Å². The van der Waals surface area contributed by atoms with E-state index in [1.54, 1.807) is 6.07 Å². The number of nitrogens with zero attached hydrogens (tertiary/aromatic N) is 2. The van der Waals surface area contributed by atoms with E-state index in [1.165, 1.54) is 6.07 Å². The SMILES string of the molecule is CC(C)C1CN(c2cccc(F)c2C#N)C1. The Kier molecular flexibility index (Phi) is 2.82. The van der Waals surface area contributed by atoms with Crippen LogP contribution in [0.15, 0.2) is 18.2 Å².